The molecule has 2 aromatic carbocycles. The average Bonchev–Trinajstić information content (AvgIpc) is 2.48. The van der Waals surface area contributed by atoms with Gasteiger partial charge in [0, 0.05) is 0 Å². The van der Waals surface area contributed by atoms with Gasteiger partial charge in [-0.3, -0.25) is 0 Å². The molecule has 5 heteroatoms. The molecule has 0 N–H and O–H groups in total. The summed E-state index contributed by atoms with van der Waals surface area (Å²) in [6, 6.07) is 13.9. The van der Waals surface area contributed by atoms with Crippen molar-refractivity contribution < 1.29 is 13.2 Å². The lowest BCUT2D eigenvalue weighted by molar-refractivity contribution is 0.340. The lowest BCUT2D eigenvalue weighted by Gasteiger charge is -2.05. The van der Waals surface area contributed by atoms with E-state index in [2.05, 4.69) is 4.40 Å². The molecule has 2 rings (SSSR count). The molecule has 0 heterocycles. The minimum Gasteiger partial charge on any atom is -0.494 e. The zero-order valence-electron chi connectivity index (χ0n) is 12.9. The van der Waals surface area contributed by atoms with Crippen LogP contribution in [0.5, 0.6) is 5.75 Å². The maximum atomic E-state index is 12.3. The molecule has 0 spiro atoms. The average molecular weight is 317 g/mol. The first-order chi connectivity index (χ1) is 10.4. The van der Waals surface area contributed by atoms with Gasteiger partial charge in [-0.05, 0) is 62.7 Å². The normalized spacial score (nSPS) is 12.2. The van der Waals surface area contributed by atoms with E-state index in [-0.39, 0.29) is 4.90 Å². The van der Waals surface area contributed by atoms with Crippen LogP contribution in [0, 0.1) is 6.92 Å². The maximum absolute atomic E-state index is 12.3. The molecule has 0 radical (unpaired) electrons. The van der Waals surface area contributed by atoms with E-state index in [9.17, 15) is 8.42 Å². The Morgan fingerprint density at radius 2 is 1.64 bits per heavy atom. The highest BCUT2D eigenvalue weighted by atomic mass is 32.2. The van der Waals surface area contributed by atoms with Crippen molar-refractivity contribution in [2.45, 2.75) is 25.7 Å². The van der Waals surface area contributed by atoms with Crippen LogP contribution in [-0.4, -0.2) is 20.7 Å². The Balaban J connectivity index is 2.28. The summed E-state index contributed by atoms with van der Waals surface area (Å²) >= 11 is 0. The third-order valence-electron chi connectivity index (χ3n) is 3.16. The molecule has 0 aromatic heterocycles. The summed E-state index contributed by atoms with van der Waals surface area (Å²) in [5.74, 6) is 0.750. The van der Waals surface area contributed by atoms with E-state index in [1.807, 2.05) is 13.8 Å². The van der Waals surface area contributed by atoms with Gasteiger partial charge in [-0.2, -0.15) is 12.8 Å². The van der Waals surface area contributed by atoms with Gasteiger partial charge in [0.05, 0.1) is 17.2 Å². The minimum atomic E-state index is -3.69. The Hall–Kier alpha value is -2.14. The van der Waals surface area contributed by atoms with Crippen molar-refractivity contribution >= 4 is 15.7 Å². The lowest BCUT2D eigenvalue weighted by Crippen LogP contribution is -2.03. The molecule has 0 aliphatic heterocycles. The number of ether oxygens (including phenoxy) is 1. The fraction of sp³-hybridized carbons (Fsp3) is 0.235. The van der Waals surface area contributed by atoms with Crippen LogP contribution >= 0.6 is 0 Å². The number of hydrogen-bond acceptors (Lipinski definition) is 3. The zero-order valence-corrected chi connectivity index (χ0v) is 13.7. The van der Waals surface area contributed by atoms with Gasteiger partial charge in [-0.25, -0.2) is 0 Å². The third-order valence-corrected chi connectivity index (χ3v) is 4.54. The van der Waals surface area contributed by atoms with E-state index >= 15 is 0 Å². The number of hydrogen-bond donors (Lipinski definition) is 0. The summed E-state index contributed by atoms with van der Waals surface area (Å²) in [7, 11) is -3.69. The molecule has 2 aromatic rings. The SMILES string of the molecule is CCOc1ccc(C(C)=NS(=O)(=O)c2ccc(C)cc2)cc1. The molecule has 4 nitrogen and oxygen atoms in total. The van der Waals surface area contributed by atoms with Crippen molar-refractivity contribution in [1.29, 1.82) is 0 Å². The van der Waals surface area contributed by atoms with Crippen LogP contribution in [0.3, 0.4) is 0 Å². The fourth-order valence-corrected chi connectivity index (χ4v) is 3.01. The van der Waals surface area contributed by atoms with Crippen LogP contribution in [-0.2, 0) is 10.0 Å². The topological polar surface area (TPSA) is 55.7 Å². The molecule has 0 aliphatic rings. The number of rotatable bonds is 5. The van der Waals surface area contributed by atoms with E-state index in [1.165, 1.54) is 0 Å². The second-order valence-electron chi connectivity index (χ2n) is 4.92. The first-order valence-electron chi connectivity index (χ1n) is 7.04. The molecule has 0 saturated heterocycles. The number of sulfonamides is 1. The molecule has 0 atom stereocenters. The smallest absolute Gasteiger partial charge is 0.282 e. The predicted molar refractivity (Wildman–Crippen MR) is 88.2 cm³/mol. The van der Waals surface area contributed by atoms with Crippen molar-refractivity contribution in [3.8, 4) is 5.75 Å². The van der Waals surface area contributed by atoms with Crippen LogP contribution in [0.1, 0.15) is 25.0 Å². The molecular formula is C17H19NO3S. The van der Waals surface area contributed by atoms with Crippen LogP contribution in [0.2, 0.25) is 0 Å². The number of aryl methyl sites for hydroxylation is 1. The van der Waals surface area contributed by atoms with Gasteiger partial charge >= 0.3 is 0 Å². The highest BCUT2D eigenvalue weighted by Gasteiger charge is 2.13. The molecule has 116 valence electrons. The van der Waals surface area contributed by atoms with Crippen molar-refractivity contribution in [2.24, 2.45) is 4.40 Å². The monoisotopic (exact) mass is 317 g/mol. The van der Waals surface area contributed by atoms with E-state index in [0.29, 0.717) is 12.3 Å². The maximum Gasteiger partial charge on any atom is 0.282 e. The zero-order chi connectivity index (χ0) is 16.2. The Labute approximate surface area is 131 Å². The first kappa shape index (κ1) is 16.2. The molecule has 0 bridgehead atoms. The third kappa shape index (κ3) is 3.95. The summed E-state index contributed by atoms with van der Waals surface area (Å²) in [5.41, 5.74) is 2.20. The summed E-state index contributed by atoms with van der Waals surface area (Å²) < 4.78 is 33.8. The van der Waals surface area contributed by atoms with Gasteiger partial charge in [0.15, 0.2) is 0 Å². The van der Waals surface area contributed by atoms with Crippen LogP contribution in [0.4, 0.5) is 0 Å². The van der Waals surface area contributed by atoms with Crippen molar-refractivity contribution in [3.05, 3.63) is 59.7 Å². The van der Waals surface area contributed by atoms with Crippen LogP contribution in [0.15, 0.2) is 57.8 Å². The Kier molecular flexibility index (Phi) is 4.98. The molecule has 0 aliphatic carbocycles. The minimum absolute atomic E-state index is 0.198. The van der Waals surface area contributed by atoms with Crippen molar-refractivity contribution in [3.63, 3.8) is 0 Å². The molecule has 0 amide bonds. The second kappa shape index (κ2) is 6.75. The van der Waals surface area contributed by atoms with Crippen LogP contribution < -0.4 is 4.74 Å². The molecular weight excluding hydrogens is 298 g/mol. The van der Waals surface area contributed by atoms with E-state index in [4.69, 9.17) is 4.74 Å². The summed E-state index contributed by atoms with van der Waals surface area (Å²) in [5, 5.41) is 0. The standard InChI is InChI=1S/C17H19NO3S/c1-4-21-16-9-7-15(8-10-16)14(3)18-22(19,20)17-11-5-13(2)6-12-17/h5-12H,4H2,1-3H3. The quantitative estimate of drug-likeness (QED) is 0.792. The van der Waals surface area contributed by atoms with E-state index < -0.39 is 10.0 Å². The highest BCUT2D eigenvalue weighted by Crippen LogP contribution is 2.17. The first-order valence-corrected chi connectivity index (χ1v) is 8.48. The van der Waals surface area contributed by atoms with Crippen molar-refractivity contribution in [2.75, 3.05) is 6.61 Å². The van der Waals surface area contributed by atoms with Gasteiger partial charge in [0.1, 0.15) is 5.75 Å². The lowest BCUT2D eigenvalue weighted by atomic mass is 10.1. The summed E-state index contributed by atoms with van der Waals surface area (Å²) in [4.78, 5) is 0.198. The number of nitrogens with zero attached hydrogens (tertiary/aromatic N) is 1. The fourth-order valence-electron chi connectivity index (χ4n) is 1.95. The van der Waals surface area contributed by atoms with Crippen molar-refractivity contribution in [1.82, 2.24) is 0 Å². The summed E-state index contributed by atoms with van der Waals surface area (Å²) in [6.07, 6.45) is 0. The molecule has 22 heavy (non-hydrogen) atoms. The van der Waals surface area contributed by atoms with Gasteiger partial charge in [-0.1, -0.05) is 17.7 Å². The van der Waals surface area contributed by atoms with E-state index in [0.717, 1.165) is 16.9 Å². The summed E-state index contributed by atoms with van der Waals surface area (Å²) in [6.45, 7) is 6.09. The van der Waals surface area contributed by atoms with Gasteiger partial charge < -0.3 is 4.74 Å². The molecule has 0 fully saturated rings. The van der Waals surface area contributed by atoms with Gasteiger partial charge in [0.25, 0.3) is 10.0 Å². The van der Waals surface area contributed by atoms with Gasteiger partial charge in [0.2, 0.25) is 0 Å². The van der Waals surface area contributed by atoms with Gasteiger partial charge in [-0.15, -0.1) is 0 Å². The molecule has 0 saturated carbocycles. The Morgan fingerprint density at radius 1 is 1.05 bits per heavy atom. The Bertz CT molecular complexity index is 761. The Morgan fingerprint density at radius 3 is 2.18 bits per heavy atom. The van der Waals surface area contributed by atoms with E-state index in [1.54, 1.807) is 55.5 Å². The molecule has 0 unspecified atom stereocenters. The largest absolute Gasteiger partial charge is 0.494 e. The van der Waals surface area contributed by atoms with Crippen LogP contribution in [0.25, 0.3) is 0 Å². The second-order valence-corrected chi connectivity index (χ2v) is 6.53. The predicted octanol–water partition coefficient (Wildman–Crippen LogP) is 3.59. The highest BCUT2D eigenvalue weighted by molar-refractivity contribution is 7.90. The number of benzene rings is 2.